The molecule has 0 aliphatic rings. The molecule has 0 fully saturated rings. The van der Waals surface area contributed by atoms with Crippen LogP contribution in [0.2, 0.25) is 5.02 Å². The van der Waals surface area contributed by atoms with Gasteiger partial charge in [0, 0.05) is 10.6 Å². The van der Waals surface area contributed by atoms with Gasteiger partial charge in [0.25, 0.3) is 0 Å². The lowest BCUT2D eigenvalue weighted by molar-refractivity contribution is -0.120. The fourth-order valence-corrected chi connectivity index (χ4v) is 1.92. The van der Waals surface area contributed by atoms with Gasteiger partial charge in [0.2, 0.25) is 5.91 Å². The van der Waals surface area contributed by atoms with Crippen molar-refractivity contribution in [3.63, 3.8) is 0 Å². The maximum Gasteiger partial charge on any atom is 0.360 e. The standard InChI is InChI=1S/C13H13ClN4O3/c1-7(12(15)19)18-11(8-3-5-9(14)6-4-8)10(16-17-18)13(20)21-2/h3-7H,1-2H3,(H2,15,19). The molecular formula is C13H13ClN4O3. The number of methoxy groups -OCH3 is 1. The van der Waals surface area contributed by atoms with Crippen LogP contribution in [-0.2, 0) is 9.53 Å². The van der Waals surface area contributed by atoms with Gasteiger partial charge in [-0.15, -0.1) is 5.10 Å². The van der Waals surface area contributed by atoms with Gasteiger partial charge in [-0.25, -0.2) is 9.48 Å². The minimum atomic E-state index is -0.762. The first-order valence-corrected chi connectivity index (χ1v) is 6.42. The Labute approximate surface area is 125 Å². The van der Waals surface area contributed by atoms with E-state index in [1.165, 1.54) is 11.8 Å². The molecule has 2 rings (SSSR count). The van der Waals surface area contributed by atoms with Gasteiger partial charge in [0.05, 0.1) is 7.11 Å². The van der Waals surface area contributed by atoms with Gasteiger partial charge >= 0.3 is 5.97 Å². The molecular weight excluding hydrogens is 296 g/mol. The third-order valence-corrected chi connectivity index (χ3v) is 3.22. The number of carbonyl (C=O) groups is 2. The van der Waals surface area contributed by atoms with E-state index in [9.17, 15) is 9.59 Å². The second kappa shape index (κ2) is 5.92. The minimum absolute atomic E-state index is 0.00734. The highest BCUT2D eigenvalue weighted by atomic mass is 35.5. The Hall–Kier alpha value is -2.41. The molecule has 0 aliphatic carbocycles. The number of halogens is 1. The average molecular weight is 309 g/mol. The average Bonchev–Trinajstić information content (AvgIpc) is 2.91. The SMILES string of the molecule is COC(=O)c1nnn(C(C)C(N)=O)c1-c1ccc(Cl)cc1. The van der Waals surface area contributed by atoms with Crippen LogP contribution in [0.15, 0.2) is 24.3 Å². The van der Waals surface area contributed by atoms with Crippen molar-refractivity contribution in [2.24, 2.45) is 5.73 Å². The van der Waals surface area contributed by atoms with Crippen LogP contribution in [0.4, 0.5) is 0 Å². The fourth-order valence-electron chi connectivity index (χ4n) is 1.80. The molecule has 2 aromatic rings. The molecule has 1 heterocycles. The lowest BCUT2D eigenvalue weighted by atomic mass is 10.1. The van der Waals surface area contributed by atoms with E-state index >= 15 is 0 Å². The van der Waals surface area contributed by atoms with E-state index in [1.807, 2.05) is 0 Å². The van der Waals surface area contributed by atoms with Gasteiger partial charge in [-0.1, -0.05) is 28.9 Å². The topological polar surface area (TPSA) is 100 Å². The number of hydrogen-bond acceptors (Lipinski definition) is 5. The minimum Gasteiger partial charge on any atom is -0.464 e. The molecule has 1 unspecified atom stereocenters. The number of aromatic nitrogens is 3. The molecule has 110 valence electrons. The fraction of sp³-hybridized carbons (Fsp3) is 0.231. The largest absolute Gasteiger partial charge is 0.464 e. The molecule has 0 aliphatic heterocycles. The third-order valence-electron chi connectivity index (χ3n) is 2.97. The Morgan fingerprint density at radius 3 is 2.48 bits per heavy atom. The van der Waals surface area contributed by atoms with Gasteiger partial charge in [0.1, 0.15) is 11.7 Å². The molecule has 2 N–H and O–H groups in total. The molecule has 1 aromatic carbocycles. The first-order valence-electron chi connectivity index (χ1n) is 6.04. The number of nitrogens with zero attached hydrogens (tertiary/aromatic N) is 3. The van der Waals surface area contributed by atoms with Gasteiger partial charge < -0.3 is 10.5 Å². The number of ether oxygens (including phenoxy) is 1. The molecule has 0 radical (unpaired) electrons. The van der Waals surface area contributed by atoms with E-state index in [-0.39, 0.29) is 5.69 Å². The zero-order valence-corrected chi connectivity index (χ0v) is 12.2. The van der Waals surface area contributed by atoms with Gasteiger partial charge in [0.15, 0.2) is 5.69 Å². The highest BCUT2D eigenvalue weighted by Crippen LogP contribution is 2.26. The molecule has 0 saturated carbocycles. The summed E-state index contributed by atoms with van der Waals surface area (Å²) in [7, 11) is 1.24. The molecule has 1 atom stereocenters. The van der Waals surface area contributed by atoms with E-state index in [0.29, 0.717) is 16.3 Å². The van der Waals surface area contributed by atoms with E-state index in [0.717, 1.165) is 0 Å². The number of carbonyl (C=O) groups excluding carboxylic acids is 2. The summed E-state index contributed by atoms with van der Waals surface area (Å²) in [5.74, 6) is -1.24. The van der Waals surface area contributed by atoms with Crippen molar-refractivity contribution in [2.45, 2.75) is 13.0 Å². The Morgan fingerprint density at radius 1 is 1.33 bits per heavy atom. The van der Waals surface area contributed by atoms with Crippen molar-refractivity contribution in [1.82, 2.24) is 15.0 Å². The van der Waals surface area contributed by atoms with Crippen LogP contribution >= 0.6 is 11.6 Å². The van der Waals surface area contributed by atoms with Crippen LogP contribution in [-0.4, -0.2) is 34.0 Å². The molecule has 1 aromatic heterocycles. The van der Waals surface area contributed by atoms with Gasteiger partial charge in [-0.3, -0.25) is 4.79 Å². The van der Waals surface area contributed by atoms with Crippen LogP contribution in [0, 0.1) is 0 Å². The Morgan fingerprint density at radius 2 is 1.95 bits per heavy atom. The summed E-state index contributed by atoms with van der Waals surface area (Å²) in [6.07, 6.45) is 0. The van der Waals surface area contributed by atoms with Gasteiger partial charge in [-0.2, -0.15) is 0 Å². The van der Waals surface area contributed by atoms with E-state index < -0.39 is 17.9 Å². The van der Waals surface area contributed by atoms with Crippen molar-refractivity contribution in [3.8, 4) is 11.3 Å². The van der Waals surface area contributed by atoms with Crippen LogP contribution in [0.3, 0.4) is 0 Å². The predicted octanol–water partition coefficient (Wildman–Crippen LogP) is 1.43. The summed E-state index contributed by atoms with van der Waals surface area (Å²) in [6.45, 7) is 1.57. The number of primary amides is 1. The maximum atomic E-state index is 11.8. The summed E-state index contributed by atoms with van der Waals surface area (Å²) in [5.41, 5.74) is 6.27. The molecule has 0 saturated heterocycles. The van der Waals surface area contributed by atoms with Crippen molar-refractivity contribution in [3.05, 3.63) is 35.0 Å². The second-order valence-corrected chi connectivity index (χ2v) is 4.74. The molecule has 7 nitrogen and oxygen atoms in total. The van der Waals surface area contributed by atoms with Crippen molar-refractivity contribution < 1.29 is 14.3 Å². The normalized spacial score (nSPS) is 12.0. The first-order chi connectivity index (χ1) is 9.95. The van der Waals surface area contributed by atoms with Crippen LogP contribution in [0.25, 0.3) is 11.3 Å². The lowest BCUT2D eigenvalue weighted by Crippen LogP contribution is -2.25. The van der Waals surface area contributed by atoms with Crippen molar-refractivity contribution in [2.75, 3.05) is 7.11 Å². The van der Waals surface area contributed by atoms with E-state index in [4.69, 9.17) is 17.3 Å². The lowest BCUT2D eigenvalue weighted by Gasteiger charge is -2.12. The van der Waals surface area contributed by atoms with E-state index in [1.54, 1.807) is 31.2 Å². The monoisotopic (exact) mass is 308 g/mol. The van der Waals surface area contributed by atoms with Crippen LogP contribution in [0.1, 0.15) is 23.5 Å². The number of benzene rings is 1. The highest BCUT2D eigenvalue weighted by molar-refractivity contribution is 6.30. The molecule has 0 spiro atoms. The number of hydrogen-bond donors (Lipinski definition) is 1. The quantitative estimate of drug-likeness (QED) is 0.861. The summed E-state index contributed by atoms with van der Waals surface area (Å²) in [5, 5.41) is 8.17. The zero-order chi connectivity index (χ0) is 15.6. The third kappa shape index (κ3) is 2.87. The summed E-state index contributed by atoms with van der Waals surface area (Å²) in [6, 6.07) is 5.94. The summed E-state index contributed by atoms with van der Waals surface area (Å²) >= 11 is 5.85. The number of nitrogens with two attached hydrogens (primary N) is 1. The van der Waals surface area contributed by atoms with Crippen LogP contribution in [0.5, 0.6) is 0 Å². The maximum absolute atomic E-state index is 11.8. The van der Waals surface area contributed by atoms with Crippen molar-refractivity contribution in [1.29, 1.82) is 0 Å². The zero-order valence-electron chi connectivity index (χ0n) is 11.4. The highest BCUT2D eigenvalue weighted by Gasteiger charge is 2.26. The smallest absolute Gasteiger partial charge is 0.360 e. The Bertz CT molecular complexity index is 681. The molecule has 8 heteroatoms. The molecule has 0 bridgehead atoms. The number of esters is 1. The molecule has 1 amide bonds. The first kappa shape index (κ1) is 15.0. The van der Waals surface area contributed by atoms with E-state index in [2.05, 4.69) is 15.0 Å². The summed E-state index contributed by atoms with van der Waals surface area (Å²) < 4.78 is 5.97. The Balaban J connectivity index is 2.63. The predicted molar refractivity (Wildman–Crippen MR) is 75.7 cm³/mol. The van der Waals surface area contributed by atoms with Crippen molar-refractivity contribution >= 4 is 23.5 Å². The van der Waals surface area contributed by atoms with Crippen LogP contribution < -0.4 is 5.73 Å². The van der Waals surface area contributed by atoms with Gasteiger partial charge in [-0.05, 0) is 19.1 Å². The Kier molecular flexibility index (Phi) is 4.23. The number of rotatable bonds is 4. The second-order valence-electron chi connectivity index (χ2n) is 4.31. The summed E-state index contributed by atoms with van der Waals surface area (Å²) in [4.78, 5) is 23.2. The number of amides is 1. The molecule has 21 heavy (non-hydrogen) atoms.